The quantitative estimate of drug-likeness (QED) is 0.794. The number of allylic oxidation sites excluding steroid dienone is 6. The number of fused-ring (bicyclic) bond motifs is 1. The van der Waals surface area contributed by atoms with Crippen molar-refractivity contribution in [3.63, 3.8) is 0 Å². The lowest BCUT2D eigenvalue weighted by Crippen LogP contribution is -2.20. The van der Waals surface area contributed by atoms with E-state index >= 15 is 0 Å². The van der Waals surface area contributed by atoms with Crippen molar-refractivity contribution in [3.8, 4) is 0 Å². The molecule has 0 aliphatic heterocycles. The maximum absolute atomic E-state index is 12.3. The van der Waals surface area contributed by atoms with Gasteiger partial charge in [-0.15, -0.1) is 0 Å². The van der Waals surface area contributed by atoms with Crippen LogP contribution >= 0.6 is 0 Å². The van der Waals surface area contributed by atoms with Crippen molar-refractivity contribution in [3.05, 3.63) is 77.2 Å². The lowest BCUT2D eigenvalue weighted by atomic mass is 10.0. The van der Waals surface area contributed by atoms with Crippen LogP contribution in [0.15, 0.2) is 71.5 Å². The van der Waals surface area contributed by atoms with Gasteiger partial charge in [-0.3, -0.25) is 4.98 Å². The van der Waals surface area contributed by atoms with E-state index in [1.807, 2.05) is 48.6 Å². The van der Waals surface area contributed by atoms with Gasteiger partial charge in [-0.25, -0.2) is 4.79 Å². The first-order valence-electron chi connectivity index (χ1n) is 7.18. The largest absolute Gasteiger partial charge is 0.461 e. The molecule has 0 unspecified atom stereocenters. The second kappa shape index (κ2) is 4.55. The summed E-state index contributed by atoms with van der Waals surface area (Å²) >= 11 is 0. The number of hydrogen-bond donors (Lipinski definition) is 0. The lowest BCUT2D eigenvalue weighted by molar-refractivity contribution is -0.139. The SMILES string of the molecule is O=C(OCC1(c2ccccn2)CC1)C1=C2C=CC=C2C=C1. The van der Waals surface area contributed by atoms with Gasteiger partial charge < -0.3 is 4.74 Å². The molecule has 0 N–H and O–H groups in total. The maximum atomic E-state index is 12.3. The molecule has 0 amide bonds. The van der Waals surface area contributed by atoms with Crippen molar-refractivity contribution in [2.75, 3.05) is 6.61 Å². The monoisotopic (exact) mass is 277 g/mol. The van der Waals surface area contributed by atoms with E-state index in [1.165, 1.54) is 0 Å². The third-order valence-corrected chi connectivity index (χ3v) is 4.33. The van der Waals surface area contributed by atoms with Gasteiger partial charge in [0.05, 0.1) is 5.57 Å². The Kier molecular flexibility index (Phi) is 2.67. The molecule has 3 nitrogen and oxygen atoms in total. The minimum Gasteiger partial charge on any atom is -0.461 e. The first-order chi connectivity index (χ1) is 10.3. The van der Waals surface area contributed by atoms with Crippen molar-refractivity contribution in [1.82, 2.24) is 4.98 Å². The van der Waals surface area contributed by atoms with Crippen molar-refractivity contribution < 1.29 is 9.53 Å². The Balaban J connectivity index is 1.48. The molecule has 3 aliphatic rings. The Morgan fingerprint density at radius 2 is 2.14 bits per heavy atom. The Bertz CT molecular complexity index is 719. The summed E-state index contributed by atoms with van der Waals surface area (Å²) in [6, 6.07) is 5.90. The van der Waals surface area contributed by atoms with Gasteiger partial charge in [-0.2, -0.15) is 0 Å². The molecule has 21 heavy (non-hydrogen) atoms. The van der Waals surface area contributed by atoms with E-state index in [-0.39, 0.29) is 11.4 Å². The summed E-state index contributed by atoms with van der Waals surface area (Å²) in [5.74, 6) is -0.238. The van der Waals surface area contributed by atoms with E-state index in [0.29, 0.717) is 12.2 Å². The highest BCUT2D eigenvalue weighted by Gasteiger charge is 2.47. The van der Waals surface area contributed by atoms with Crippen LogP contribution in [-0.4, -0.2) is 17.6 Å². The Morgan fingerprint density at radius 3 is 2.90 bits per heavy atom. The van der Waals surface area contributed by atoms with Gasteiger partial charge >= 0.3 is 5.97 Å². The third-order valence-electron chi connectivity index (χ3n) is 4.33. The second-order valence-electron chi connectivity index (χ2n) is 5.71. The third kappa shape index (κ3) is 2.05. The molecule has 3 aliphatic carbocycles. The van der Waals surface area contributed by atoms with E-state index in [1.54, 1.807) is 6.20 Å². The number of ether oxygens (including phenoxy) is 1. The van der Waals surface area contributed by atoms with Gasteiger partial charge in [0.1, 0.15) is 6.61 Å². The molecule has 0 atom stereocenters. The molecule has 0 bridgehead atoms. The van der Waals surface area contributed by atoms with E-state index in [2.05, 4.69) is 4.98 Å². The van der Waals surface area contributed by atoms with Crippen LogP contribution in [0.4, 0.5) is 0 Å². The molecule has 0 saturated heterocycles. The normalized spacial score (nSPS) is 20.5. The molecule has 1 aromatic rings. The summed E-state index contributed by atoms with van der Waals surface area (Å²) < 4.78 is 5.57. The fourth-order valence-electron chi connectivity index (χ4n) is 2.85. The van der Waals surface area contributed by atoms with E-state index in [0.717, 1.165) is 29.7 Å². The van der Waals surface area contributed by atoms with Crippen molar-refractivity contribution in [2.45, 2.75) is 18.3 Å². The average molecular weight is 277 g/mol. The minimum atomic E-state index is -0.238. The molecule has 1 fully saturated rings. The smallest absolute Gasteiger partial charge is 0.338 e. The molecule has 0 radical (unpaired) electrons. The maximum Gasteiger partial charge on any atom is 0.338 e. The zero-order valence-corrected chi connectivity index (χ0v) is 11.6. The minimum absolute atomic E-state index is 0.0609. The molecular formula is C18H15NO2. The first-order valence-corrected chi connectivity index (χ1v) is 7.18. The fraction of sp³-hybridized carbons (Fsp3) is 0.222. The summed E-state index contributed by atoms with van der Waals surface area (Å²) in [5, 5.41) is 0. The first kappa shape index (κ1) is 12.3. The highest BCUT2D eigenvalue weighted by Crippen LogP contribution is 2.47. The van der Waals surface area contributed by atoms with Crippen LogP contribution in [0.5, 0.6) is 0 Å². The van der Waals surface area contributed by atoms with Crippen molar-refractivity contribution >= 4 is 5.97 Å². The number of pyridine rings is 1. The van der Waals surface area contributed by atoms with E-state index < -0.39 is 0 Å². The van der Waals surface area contributed by atoms with Gasteiger partial charge in [-0.1, -0.05) is 30.4 Å². The predicted octanol–water partition coefficient (Wildman–Crippen LogP) is 3.02. The molecule has 1 aromatic heterocycles. The summed E-state index contributed by atoms with van der Waals surface area (Å²) in [6.45, 7) is 0.413. The number of nitrogens with zero attached hydrogens (tertiary/aromatic N) is 1. The topological polar surface area (TPSA) is 39.2 Å². The number of hydrogen-bond acceptors (Lipinski definition) is 3. The Morgan fingerprint density at radius 1 is 1.24 bits per heavy atom. The molecular weight excluding hydrogens is 262 g/mol. The molecule has 1 saturated carbocycles. The lowest BCUT2D eigenvalue weighted by Gasteiger charge is -2.15. The molecule has 1 heterocycles. The fourth-order valence-corrected chi connectivity index (χ4v) is 2.85. The van der Waals surface area contributed by atoms with Crippen LogP contribution in [0.2, 0.25) is 0 Å². The van der Waals surface area contributed by atoms with Crippen LogP contribution in [0.3, 0.4) is 0 Å². The number of esters is 1. The number of carbonyl (C=O) groups excluding carboxylic acids is 1. The predicted molar refractivity (Wildman–Crippen MR) is 79.5 cm³/mol. The summed E-state index contributed by atoms with van der Waals surface area (Å²) in [7, 11) is 0. The molecule has 4 rings (SSSR count). The standard InChI is InChI=1S/C18H15NO2/c20-17(15-8-7-13-4-3-5-14(13)15)21-12-18(9-10-18)16-6-1-2-11-19-16/h1-8,11H,9-10,12H2. The average Bonchev–Trinajstić information content (AvgIpc) is 2.98. The summed E-state index contributed by atoms with van der Waals surface area (Å²) in [6.07, 6.45) is 13.6. The number of rotatable bonds is 4. The Hall–Kier alpha value is -2.42. The zero-order valence-electron chi connectivity index (χ0n) is 11.6. The van der Waals surface area contributed by atoms with Crippen LogP contribution in [0, 0.1) is 0 Å². The van der Waals surface area contributed by atoms with E-state index in [4.69, 9.17) is 4.74 Å². The van der Waals surface area contributed by atoms with Crippen LogP contribution in [-0.2, 0) is 14.9 Å². The number of carbonyl (C=O) groups is 1. The summed E-state index contributed by atoms with van der Waals surface area (Å²) in [4.78, 5) is 16.7. The van der Waals surface area contributed by atoms with Gasteiger partial charge in [0, 0.05) is 17.3 Å². The summed E-state index contributed by atoms with van der Waals surface area (Å²) in [5.41, 5.74) is 3.69. The molecule has 104 valence electrons. The molecule has 3 heteroatoms. The second-order valence-corrected chi connectivity index (χ2v) is 5.71. The van der Waals surface area contributed by atoms with E-state index in [9.17, 15) is 4.79 Å². The number of aromatic nitrogens is 1. The zero-order chi connectivity index (χ0) is 14.3. The van der Waals surface area contributed by atoms with Crippen LogP contribution in [0.1, 0.15) is 18.5 Å². The van der Waals surface area contributed by atoms with Crippen LogP contribution < -0.4 is 0 Å². The van der Waals surface area contributed by atoms with Gasteiger partial charge in [0.25, 0.3) is 0 Å². The van der Waals surface area contributed by atoms with Gasteiger partial charge in [0.15, 0.2) is 0 Å². The highest BCUT2D eigenvalue weighted by atomic mass is 16.5. The van der Waals surface area contributed by atoms with Crippen LogP contribution in [0.25, 0.3) is 0 Å². The highest BCUT2D eigenvalue weighted by molar-refractivity contribution is 5.97. The van der Waals surface area contributed by atoms with Gasteiger partial charge in [-0.05, 0) is 42.2 Å². The molecule has 0 spiro atoms. The van der Waals surface area contributed by atoms with Crippen molar-refractivity contribution in [2.24, 2.45) is 0 Å². The van der Waals surface area contributed by atoms with Crippen molar-refractivity contribution in [1.29, 1.82) is 0 Å². The Labute approximate surface area is 123 Å². The molecule has 0 aromatic carbocycles. The van der Waals surface area contributed by atoms with Gasteiger partial charge in [0.2, 0.25) is 0 Å².